The summed E-state index contributed by atoms with van der Waals surface area (Å²) in [6, 6.07) is 23.3. The third kappa shape index (κ3) is 22.6. The van der Waals surface area contributed by atoms with Crippen molar-refractivity contribution in [3.63, 3.8) is 0 Å². The lowest BCUT2D eigenvalue weighted by Gasteiger charge is -2.33. The molecule has 4 amide bonds. The van der Waals surface area contributed by atoms with Crippen LogP contribution in [0.3, 0.4) is 0 Å². The number of unbranched alkanes of at least 4 members (excludes halogenated alkanes) is 1. The van der Waals surface area contributed by atoms with Gasteiger partial charge in [0, 0.05) is 108 Å². The maximum atomic E-state index is 12.1. The average Bonchev–Trinajstić information content (AvgIpc) is 3.67. The molecule has 4 aromatic carbocycles. The molecule has 6 rings (SSSR count). The molecule has 20 nitrogen and oxygen atoms in total. The number of hydrogen-bond acceptors (Lipinski definition) is 16. The second kappa shape index (κ2) is 37.0. The van der Waals surface area contributed by atoms with Crippen molar-refractivity contribution in [2.75, 3.05) is 146 Å². The smallest absolute Gasteiger partial charge is 0.314 e. The molecule has 8 N–H and O–H groups in total. The summed E-state index contributed by atoms with van der Waals surface area (Å²) in [6.07, 6.45) is 4.73. The van der Waals surface area contributed by atoms with Gasteiger partial charge in [-0.15, -0.1) is 0 Å². The largest absolute Gasteiger partial charge is 0.377 e. The molecular weight excluding hydrogens is 1130 g/mol. The van der Waals surface area contributed by atoms with Crippen molar-refractivity contribution in [1.29, 1.82) is 0 Å². The number of nitrogens with one attached hydrogen (secondary N) is 4. The van der Waals surface area contributed by atoms with Crippen LogP contribution in [0.5, 0.6) is 0 Å². The number of hydrogen-bond donors (Lipinski definition) is 6. The molecule has 0 radical (unpaired) electrons. The zero-order valence-electron chi connectivity index (χ0n) is 46.8. The van der Waals surface area contributed by atoms with E-state index in [9.17, 15) is 9.59 Å². The molecule has 4 aromatic rings. The predicted octanol–water partition coefficient (Wildman–Crippen LogP) is 7.10. The SMILES string of the molecule is CN1Cc2c(Cl)cc(Cl)cc2[C@H](c2cccc(C(C=NCCOCCOCCOCCNC(=O)NCCCCNC(=O)NCCOCCOCCOCCN=CC(=NN)c3cccc([C@@H]4CN(C)Cc5c(Cl)cc(Cl)cc54)c3)=NN)c2)C1. The van der Waals surface area contributed by atoms with E-state index in [4.69, 9.17) is 86.5 Å². The van der Waals surface area contributed by atoms with Crippen LogP contribution < -0.4 is 33.0 Å². The molecule has 2 aliphatic rings. The minimum absolute atomic E-state index is 0.0922. The van der Waals surface area contributed by atoms with E-state index < -0.39 is 0 Å². The molecule has 24 heteroatoms. The number of carbonyl (C=O) groups is 2. The molecule has 0 spiro atoms. The molecular formula is C58H78Cl4N12O8. The van der Waals surface area contributed by atoms with E-state index >= 15 is 0 Å². The van der Waals surface area contributed by atoms with Gasteiger partial charge < -0.3 is 71.2 Å². The van der Waals surface area contributed by atoms with Crippen LogP contribution in [-0.2, 0) is 41.5 Å². The number of likely N-dealkylation sites (N-methyl/N-ethyl adjacent to an activating group) is 2. The fourth-order valence-electron chi connectivity index (χ4n) is 9.33. The zero-order chi connectivity index (χ0) is 58.3. The van der Waals surface area contributed by atoms with Crippen molar-refractivity contribution < 1.29 is 38.0 Å². The number of aliphatic imine (C=N–C) groups is 2. The second-order valence-corrected chi connectivity index (χ2v) is 21.2. The highest BCUT2D eigenvalue weighted by Crippen LogP contribution is 2.40. The molecule has 0 bridgehead atoms. The number of benzene rings is 4. The highest BCUT2D eigenvalue weighted by Gasteiger charge is 2.29. The van der Waals surface area contributed by atoms with Crippen LogP contribution in [0.1, 0.15) is 69.2 Å². The van der Waals surface area contributed by atoms with E-state index in [1.54, 1.807) is 24.6 Å². The summed E-state index contributed by atoms with van der Waals surface area (Å²) in [5, 5.41) is 21.7. The first-order chi connectivity index (χ1) is 39.9. The number of ether oxygens (including phenoxy) is 6. The Bertz CT molecular complexity index is 2570. The Labute approximate surface area is 501 Å². The second-order valence-electron chi connectivity index (χ2n) is 19.5. The van der Waals surface area contributed by atoms with Gasteiger partial charge in [0.1, 0.15) is 11.4 Å². The molecule has 0 aromatic heterocycles. The normalized spacial score (nSPS) is 15.9. The number of hydrazone groups is 2. The van der Waals surface area contributed by atoms with Crippen molar-refractivity contribution in [1.82, 2.24) is 31.1 Å². The molecule has 82 heavy (non-hydrogen) atoms. The van der Waals surface area contributed by atoms with Crippen molar-refractivity contribution in [3.05, 3.63) is 137 Å². The van der Waals surface area contributed by atoms with Gasteiger partial charge in [0.2, 0.25) is 0 Å². The molecule has 0 aliphatic carbocycles. The zero-order valence-corrected chi connectivity index (χ0v) is 49.8. The monoisotopic (exact) mass is 1210 g/mol. The van der Waals surface area contributed by atoms with Gasteiger partial charge in [-0.1, -0.05) is 82.8 Å². The lowest BCUT2D eigenvalue weighted by molar-refractivity contribution is 0.0169. The molecule has 2 heterocycles. The van der Waals surface area contributed by atoms with Crippen molar-refractivity contribution in [3.8, 4) is 0 Å². The lowest BCUT2D eigenvalue weighted by atomic mass is 9.84. The van der Waals surface area contributed by atoms with E-state index in [-0.39, 0.29) is 23.9 Å². The summed E-state index contributed by atoms with van der Waals surface area (Å²) in [5.41, 5.74) is 9.54. The maximum absolute atomic E-state index is 12.1. The Balaban J connectivity index is 0.668. The third-order valence-electron chi connectivity index (χ3n) is 13.3. The fourth-order valence-corrected chi connectivity index (χ4v) is 10.5. The Morgan fingerprint density at radius 3 is 1.28 bits per heavy atom. The van der Waals surface area contributed by atoms with Crippen LogP contribution >= 0.6 is 46.4 Å². The minimum Gasteiger partial charge on any atom is -0.377 e. The van der Waals surface area contributed by atoms with Crippen molar-refractivity contribution >= 4 is 82.3 Å². The summed E-state index contributed by atoms with van der Waals surface area (Å²) in [4.78, 5) is 37.6. The standard InChI is InChI=1S/C58H78Cl4N12O8/c1-73-37-49(47-31-45(59)33-53(61)51(47)39-73)41-7-5-9-43(29-41)55(71-63)35-65-13-17-77-21-25-81-27-23-79-19-15-69-57(75)67-11-3-4-12-68-58(76)70-16-20-80-24-28-82-26-22-78-18-14-66-36-56(72-64)44-10-6-8-42(30-44)50-38-74(2)40-52-48(50)32-46(60)34-54(52)62/h5-10,29-36,49-50H,3-4,11-28,37-40,63-64H2,1-2H3,(H2,67,69,75)(H2,68,70,76)/t49-,50-/m0/s1. The third-order valence-corrected chi connectivity index (χ3v) is 14.4. The predicted molar refractivity (Wildman–Crippen MR) is 327 cm³/mol. The van der Waals surface area contributed by atoms with Crippen LogP contribution in [0.15, 0.2) is 93.0 Å². The molecule has 0 fully saturated rings. The summed E-state index contributed by atoms with van der Waals surface area (Å²) in [5.74, 6) is 11.7. The van der Waals surface area contributed by atoms with E-state index in [1.165, 1.54) is 0 Å². The number of nitrogens with two attached hydrogens (primary N) is 2. The Morgan fingerprint density at radius 1 is 0.524 bits per heavy atom. The van der Waals surface area contributed by atoms with Crippen LogP contribution in [0.4, 0.5) is 9.59 Å². The van der Waals surface area contributed by atoms with Gasteiger partial charge in [0.05, 0.1) is 92.4 Å². The Morgan fingerprint density at radius 2 is 0.890 bits per heavy atom. The topological polar surface area (TPSA) is 246 Å². The summed E-state index contributed by atoms with van der Waals surface area (Å²) in [6.45, 7) is 10.5. The van der Waals surface area contributed by atoms with Crippen LogP contribution in [0.25, 0.3) is 0 Å². The van der Waals surface area contributed by atoms with Crippen molar-refractivity contribution in [2.24, 2.45) is 31.9 Å². The minimum atomic E-state index is -0.281. The molecule has 2 atom stereocenters. The van der Waals surface area contributed by atoms with E-state index in [0.717, 1.165) is 70.7 Å². The fraction of sp³-hybridized carbons (Fsp3) is 0.483. The Hall–Kier alpha value is -5.46. The number of urea groups is 2. The van der Waals surface area contributed by atoms with Crippen LogP contribution in [0, 0.1) is 0 Å². The maximum Gasteiger partial charge on any atom is 0.314 e. The van der Waals surface area contributed by atoms with Gasteiger partial charge in [-0.05, 0) is 96.7 Å². The first-order valence-electron chi connectivity index (χ1n) is 27.5. The van der Waals surface area contributed by atoms with Gasteiger partial charge in [-0.3, -0.25) is 9.98 Å². The van der Waals surface area contributed by atoms with Gasteiger partial charge >= 0.3 is 12.1 Å². The number of carbonyl (C=O) groups excluding carboxylic acids is 2. The van der Waals surface area contributed by atoms with Crippen molar-refractivity contribution in [2.45, 2.75) is 37.8 Å². The average molecular weight is 1210 g/mol. The number of fused-ring (bicyclic) bond motifs is 2. The quantitative estimate of drug-likeness (QED) is 0.0117. The molecule has 2 aliphatic heterocycles. The highest BCUT2D eigenvalue weighted by atomic mass is 35.5. The summed E-state index contributed by atoms with van der Waals surface area (Å²) in [7, 11) is 4.16. The molecule has 0 saturated carbocycles. The molecule has 446 valence electrons. The van der Waals surface area contributed by atoms with Crippen LogP contribution in [0.2, 0.25) is 20.1 Å². The number of amides is 4. The number of halogens is 4. The molecule has 0 unspecified atom stereocenters. The first kappa shape index (κ1) is 65.7. The van der Waals surface area contributed by atoms with Gasteiger partial charge in [0.25, 0.3) is 0 Å². The van der Waals surface area contributed by atoms with Crippen LogP contribution in [-0.4, -0.2) is 191 Å². The Kier molecular flexibility index (Phi) is 29.6. The molecule has 0 saturated heterocycles. The van der Waals surface area contributed by atoms with Gasteiger partial charge in [-0.2, -0.15) is 10.2 Å². The lowest BCUT2D eigenvalue weighted by Crippen LogP contribution is -2.39. The number of nitrogens with zero attached hydrogens (tertiary/aromatic N) is 6. The highest BCUT2D eigenvalue weighted by molar-refractivity contribution is 6.39. The van der Waals surface area contributed by atoms with Gasteiger partial charge in [0.15, 0.2) is 0 Å². The van der Waals surface area contributed by atoms with E-state index in [0.29, 0.717) is 163 Å². The number of rotatable bonds is 35. The van der Waals surface area contributed by atoms with E-state index in [1.807, 2.05) is 36.4 Å². The summed E-state index contributed by atoms with van der Waals surface area (Å²) >= 11 is 25.9. The van der Waals surface area contributed by atoms with E-state index in [2.05, 4.69) is 89.6 Å². The first-order valence-corrected chi connectivity index (χ1v) is 29.0. The summed E-state index contributed by atoms with van der Waals surface area (Å²) < 4.78 is 33.5. The van der Waals surface area contributed by atoms with Gasteiger partial charge in [-0.25, -0.2) is 9.59 Å².